The van der Waals surface area contributed by atoms with Crippen molar-refractivity contribution in [2.24, 2.45) is 0 Å². The molecule has 0 unspecified atom stereocenters. The summed E-state index contributed by atoms with van der Waals surface area (Å²) in [5, 5.41) is 14.2. The molecule has 0 heterocycles. The lowest BCUT2D eigenvalue weighted by atomic mass is 10.1. The average Bonchev–Trinajstić information content (AvgIpc) is 2.50. The highest BCUT2D eigenvalue weighted by atomic mass is 16.3. The molecule has 0 atom stereocenters. The predicted molar refractivity (Wildman–Crippen MR) is 79.9 cm³/mol. The van der Waals surface area contributed by atoms with Gasteiger partial charge < -0.3 is 15.7 Å². The SMILES string of the molecule is O=C(NCCc1ccc(O)cc1)C(=O)Nc1ccccc1. The van der Waals surface area contributed by atoms with E-state index in [4.69, 9.17) is 5.11 Å². The van der Waals surface area contributed by atoms with Gasteiger partial charge in [-0.2, -0.15) is 0 Å². The Morgan fingerprint density at radius 3 is 2.24 bits per heavy atom. The van der Waals surface area contributed by atoms with Gasteiger partial charge in [-0.1, -0.05) is 30.3 Å². The molecule has 0 aromatic heterocycles. The van der Waals surface area contributed by atoms with Gasteiger partial charge in [0.15, 0.2) is 0 Å². The molecule has 0 aliphatic carbocycles. The largest absolute Gasteiger partial charge is 0.508 e. The van der Waals surface area contributed by atoms with Crippen molar-refractivity contribution in [3.8, 4) is 5.75 Å². The van der Waals surface area contributed by atoms with Gasteiger partial charge in [0, 0.05) is 12.2 Å². The van der Waals surface area contributed by atoms with Crippen molar-refractivity contribution in [3.05, 3.63) is 60.2 Å². The van der Waals surface area contributed by atoms with Crippen LogP contribution in [0.15, 0.2) is 54.6 Å². The van der Waals surface area contributed by atoms with E-state index < -0.39 is 11.8 Å². The number of phenols is 1. The molecule has 21 heavy (non-hydrogen) atoms. The Kier molecular flexibility index (Phi) is 4.93. The lowest BCUT2D eigenvalue weighted by Gasteiger charge is -2.06. The van der Waals surface area contributed by atoms with Crippen molar-refractivity contribution in [2.75, 3.05) is 11.9 Å². The number of hydrogen-bond acceptors (Lipinski definition) is 3. The second-order valence-electron chi connectivity index (χ2n) is 4.49. The molecular formula is C16H16N2O3. The minimum atomic E-state index is -0.688. The van der Waals surface area contributed by atoms with E-state index in [2.05, 4.69) is 10.6 Å². The fraction of sp³-hybridized carbons (Fsp3) is 0.125. The van der Waals surface area contributed by atoms with Crippen LogP contribution in [-0.2, 0) is 16.0 Å². The summed E-state index contributed by atoms with van der Waals surface area (Å²) in [5.74, 6) is -1.16. The van der Waals surface area contributed by atoms with E-state index in [1.165, 1.54) is 0 Å². The van der Waals surface area contributed by atoms with Gasteiger partial charge in [0.1, 0.15) is 5.75 Å². The molecule has 0 aliphatic rings. The Hall–Kier alpha value is -2.82. The fourth-order valence-corrected chi connectivity index (χ4v) is 1.77. The number of carbonyl (C=O) groups excluding carboxylic acids is 2. The average molecular weight is 284 g/mol. The van der Waals surface area contributed by atoms with Gasteiger partial charge in [-0.05, 0) is 36.2 Å². The summed E-state index contributed by atoms with van der Waals surface area (Å²) in [4.78, 5) is 23.3. The Balaban J connectivity index is 1.76. The first-order valence-electron chi connectivity index (χ1n) is 6.57. The summed E-state index contributed by atoms with van der Waals surface area (Å²) in [6, 6.07) is 15.5. The number of phenolic OH excluding ortho intramolecular Hbond substituents is 1. The topological polar surface area (TPSA) is 78.4 Å². The van der Waals surface area contributed by atoms with Crippen LogP contribution in [0.3, 0.4) is 0 Å². The number of nitrogens with one attached hydrogen (secondary N) is 2. The summed E-state index contributed by atoms with van der Waals surface area (Å²) in [7, 11) is 0. The molecule has 0 saturated carbocycles. The van der Waals surface area contributed by atoms with E-state index in [0.29, 0.717) is 18.7 Å². The van der Waals surface area contributed by atoms with Gasteiger partial charge in [-0.3, -0.25) is 9.59 Å². The second kappa shape index (κ2) is 7.09. The van der Waals surface area contributed by atoms with Crippen LogP contribution in [0.2, 0.25) is 0 Å². The molecule has 2 aromatic carbocycles. The van der Waals surface area contributed by atoms with Crippen molar-refractivity contribution in [3.63, 3.8) is 0 Å². The zero-order valence-corrected chi connectivity index (χ0v) is 11.4. The van der Waals surface area contributed by atoms with Gasteiger partial charge >= 0.3 is 11.8 Å². The maximum absolute atomic E-state index is 11.6. The highest BCUT2D eigenvalue weighted by Gasteiger charge is 2.12. The number of aromatic hydroxyl groups is 1. The predicted octanol–water partition coefficient (Wildman–Crippen LogP) is 1.69. The number of para-hydroxylation sites is 1. The summed E-state index contributed by atoms with van der Waals surface area (Å²) in [6.07, 6.45) is 0.588. The van der Waals surface area contributed by atoms with Crippen molar-refractivity contribution < 1.29 is 14.7 Å². The quantitative estimate of drug-likeness (QED) is 0.748. The fourth-order valence-electron chi connectivity index (χ4n) is 1.77. The first-order valence-corrected chi connectivity index (χ1v) is 6.57. The third kappa shape index (κ3) is 4.65. The molecule has 0 bridgehead atoms. The molecule has 108 valence electrons. The van der Waals surface area contributed by atoms with Gasteiger partial charge in [0.2, 0.25) is 0 Å². The minimum Gasteiger partial charge on any atom is -0.508 e. The zero-order valence-electron chi connectivity index (χ0n) is 11.4. The third-order valence-corrected chi connectivity index (χ3v) is 2.87. The first kappa shape index (κ1) is 14.6. The highest BCUT2D eigenvalue weighted by Crippen LogP contribution is 2.09. The molecule has 3 N–H and O–H groups in total. The molecule has 5 heteroatoms. The molecule has 2 aromatic rings. The molecule has 0 saturated heterocycles. The number of benzene rings is 2. The number of anilines is 1. The van der Waals surface area contributed by atoms with Crippen molar-refractivity contribution in [2.45, 2.75) is 6.42 Å². The monoisotopic (exact) mass is 284 g/mol. The smallest absolute Gasteiger partial charge is 0.313 e. The molecule has 2 amide bonds. The first-order chi connectivity index (χ1) is 10.1. The van der Waals surface area contributed by atoms with Crippen LogP contribution in [0.4, 0.5) is 5.69 Å². The van der Waals surface area contributed by atoms with E-state index in [1.54, 1.807) is 48.5 Å². The highest BCUT2D eigenvalue weighted by molar-refractivity contribution is 6.39. The van der Waals surface area contributed by atoms with Crippen LogP contribution < -0.4 is 10.6 Å². The second-order valence-corrected chi connectivity index (χ2v) is 4.49. The van der Waals surface area contributed by atoms with E-state index in [9.17, 15) is 9.59 Å². The van der Waals surface area contributed by atoms with Crippen LogP contribution >= 0.6 is 0 Å². The van der Waals surface area contributed by atoms with Crippen LogP contribution in [-0.4, -0.2) is 23.5 Å². The molecule has 0 spiro atoms. The minimum absolute atomic E-state index is 0.199. The van der Waals surface area contributed by atoms with Crippen molar-refractivity contribution in [1.29, 1.82) is 0 Å². The van der Waals surface area contributed by atoms with Crippen LogP contribution in [0, 0.1) is 0 Å². The maximum atomic E-state index is 11.6. The Labute approximate surface area is 122 Å². The summed E-state index contributed by atoms with van der Waals surface area (Å²) in [6.45, 7) is 0.353. The third-order valence-electron chi connectivity index (χ3n) is 2.87. The summed E-state index contributed by atoms with van der Waals surface area (Å²) in [5.41, 5.74) is 1.55. The number of amides is 2. The van der Waals surface area contributed by atoms with Gasteiger partial charge in [-0.25, -0.2) is 0 Å². The summed E-state index contributed by atoms with van der Waals surface area (Å²) < 4.78 is 0. The molecule has 0 aliphatic heterocycles. The number of carbonyl (C=O) groups is 2. The van der Waals surface area contributed by atoms with Crippen LogP contribution in [0.1, 0.15) is 5.56 Å². The van der Waals surface area contributed by atoms with Gasteiger partial charge in [-0.15, -0.1) is 0 Å². The Bertz CT molecular complexity index is 609. The number of hydrogen-bond donors (Lipinski definition) is 3. The van der Waals surface area contributed by atoms with Gasteiger partial charge in [0.25, 0.3) is 0 Å². The van der Waals surface area contributed by atoms with Crippen molar-refractivity contribution in [1.82, 2.24) is 5.32 Å². The van der Waals surface area contributed by atoms with E-state index in [0.717, 1.165) is 5.56 Å². The Morgan fingerprint density at radius 1 is 0.905 bits per heavy atom. The zero-order chi connectivity index (χ0) is 15.1. The van der Waals surface area contributed by atoms with Crippen LogP contribution in [0.5, 0.6) is 5.75 Å². The molecule has 0 radical (unpaired) electrons. The van der Waals surface area contributed by atoms with E-state index in [1.807, 2.05) is 6.07 Å². The van der Waals surface area contributed by atoms with Crippen molar-refractivity contribution >= 4 is 17.5 Å². The lowest BCUT2D eigenvalue weighted by molar-refractivity contribution is -0.136. The standard InChI is InChI=1S/C16H16N2O3/c19-14-8-6-12(7-9-14)10-11-17-15(20)16(21)18-13-4-2-1-3-5-13/h1-9,19H,10-11H2,(H,17,20)(H,18,21). The lowest BCUT2D eigenvalue weighted by Crippen LogP contribution is -2.36. The van der Waals surface area contributed by atoms with E-state index in [-0.39, 0.29) is 5.75 Å². The molecule has 2 rings (SSSR count). The van der Waals surface area contributed by atoms with Crippen LogP contribution in [0.25, 0.3) is 0 Å². The Morgan fingerprint density at radius 2 is 1.57 bits per heavy atom. The maximum Gasteiger partial charge on any atom is 0.313 e. The molecular weight excluding hydrogens is 268 g/mol. The van der Waals surface area contributed by atoms with E-state index >= 15 is 0 Å². The van der Waals surface area contributed by atoms with Gasteiger partial charge in [0.05, 0.1) is 0 Å². The number of rotatable bonds is 4. The molecule has 5 nitrogen and oxygen atoms in total. The summed E-state index contributed by atoms with van der Waals surface area (Å²) >= 11 is 0. The normalized spacial score (nSPS) is 9.90. The molecule has 0 fully saturated rings.